The van der Waals surface area contributed by atoms with Gasteiger partial charge in [-0.05, 0) is 12.1 Å². The van der Waals surface area contributed by atoms with E-state index in [9.17, 15) is 0 Å². The van der Waals surface area contributed by atoms with E-state index >= 15 is 0 Å². The first-order valence-corrected chi connectivity index (χ1v) is 7.28. The predicted octanol–water partition coefficient (Wildman–Crippen LogP) is 3.56. The van der Waals surface area contributed by atoms with Gasteiger partial charge >= 0.3 is 0 Å². The van der Waals surface area contributed by atoms with Crippen LogP contribution in [0.2, 0.25) is 0 Å². The molecule has 0 saturated carbocycles. The molecule has 21 heavy (non-hydrogen) atoms. The molecule has 2 aromatic rings. The standard InChI is InChI=1S/C16H13N3S.Ir/c1-18(2)11-7-8-12-13-5-3-4-6-15(13)19-10-20-17-16(19)14(12)9-11;/h3-5,7-10H,1-2H3;/q-2;. The topological polar surface area (TPSA) is 18.8 Å². The molecule has 0 unspecified atom stereocenters. The number of rotatable bonds is 1. The quantitative estimate of drug-likeness (QED) is 0.468. The summed E-state index contributed by atoms with van der Waals surface area (Å²) >= 11 is 1.48. The van der Waals surface area contributed by atoms with Crippen LogP contribution < -0.4 is 9.80 Å². The van der Waals surface area contributed by atoms with Gasteiger partial charge in [0.25, 0.3) is 0 Å². The SMILES string of the molecule is CN(C)c1ccc2c(c1)C1=NS[CH-]N1c1[c-]cccc1-2.[Ir]. The van der Waals surface area contributed by atoms with Crippen LogP contribution in [0.3, 0.4) is 0 Å². The predicted molar refractivity (Wildman–Crippen MR) is 85.9 cm³/mol. The van der Waals surface area contributed by atoms with Crippen molar-refractivity contribution < 1.29 is 20.1 Å². The molecular formula is C16H13IrN3S-2. The van der Waals surface area contributed by atoms with Crippen LogP contribution in [0.1, 0.15) is 5.56 Å². The zero-order valence-electron chi connectivity index (χ0n) is 11.6. The van der Waals surface area contributed by atoms with Gasteiger partial charge < -0.3 is 9.80 Å². The maximum Gasteiger partial charge on any atom is 0.114 e. The van der Waals surface area contributed by atoms with E-state index < -0.39 is 0 Å². The van der Waals surface area contributed by atoms with Gasteiger partial charge in [0.2, 0.25) is 0 Å². The number of benzene rings is 2. The number of fused-ring (bicyclic) bond motifs is 6. The van der Waals surface area contributed by atoms with Crippen molar-refractivity contribution in [1.29, 1.82) is 0 Å². The van der Waals surface area contributed by atoms with Crippen molar-refractivity contribution in [3.8, 4) is 11.1 Å². The third-order valence-corrected chi connectivity index (χ3v) is 4.23. The molecule has 2 heterocycles. The molecular weight excluding hydrogens is 458 g/mol. The van der Waals surface area contributed by atoms with E-state index in [1.54, 1.807) is 0 Å². The van der Waals surface area contributed by atoms with Gasteiger partial charge in [0.15, 0.2) is 0 Å². The number of hydrogen-bond acceptors (Lipinski definition) is 4. The summed E-state index contributed by atoms with van der Waals surface area (Å²) in [6, 6.07) is 16.0. The molecule has 0 aromatic heterocycles. The van der Waals surface area contributed by atoms with Crippen LogP contribution in [-0.4, -0.2) is 19.9 Å². The summed E-state index contributed by atoms with van der Waals surface area (Å²) in [6.45, 7) is 0. The summed E-state index contributed by atoms with van der Waals surface area (Å²) in [7, 11) is 4.11. The number of hydrogen-bond donors (Lipinski definition) is 0. The zero-order chi connectivity index (χ0) is 13.7. The monoisotopic (exact) mass is 472 g/mol. The van der Waals surface area contributed by atoms with Crippen molar-refractivity contribution in [3.05, 3.63) is 53.9 Å². The average Bonchev–Trinajstić information content (AvgIpc) is 2.96. The molecule has 0 aliphatic carbocycles. The summed E-state index contributed by atoms with van der Waals surface area (Å²) in [4.78, 5) is 4.24. The maximum absolute atomic E-state index is 4.56. The maximum atomic E-state index is 4.56. The average molecular weight is 472 g/mol. The van der Waals surface area contributed by atoms with E-state index in [4.69, 9.17) is 0 Å². The second-order valence-corrected chi connectivity index (χ2v) is 5.66. The van der Waals surface area contributed by atoms with E-state index in [-0.39, 0.29) is 20.1 Å². The van der Waals surface area contributed by atoms with Crippen molar-refractivity contribution in [2.45, 2.75) is 0 Å². The number of anilines is 2. The molecule has 0 bridgehead atoms. The molecule has 1 radical (unpaired) electrons. The Morgan fingerprint density at radius 1 is 1.19 bits per heavy atom. The minimum Gasteiger partial charge on any atom is -0.486 e. The molecule has 0 amide bonds. The van der Waals surface area contributed by atoms with Gasteiger partial charge in [-0.2, -0.15) is 42.1 Å². The molecule has 2 aliphatic rings. The fraction of sp³-hybridized carbons (Fsp3) is 0.125. The van der Waals surface area contributed by atoms with E-state index in [1.165, 1.54) is 34.3 Å². The molecule has 0 atom stereocenters. The van der Waals surface area contributed by atoms with E-state index in [1.807, 2.05) is 18.0 Å². The largest absolute Gasteiger partial charge is 0.486 e. The van der Waals surface area contributed by atoms with Gasteiger partial charge in [0, 0.05) is 45.5 Å². The molecule has 2 aliphatic heterocycles. The molecule has 2 aromatic carbocycles. The molecule has 0 fully saturated rings. The van der Waals surface area contributed by atoms with Crippen molar-refractivity contribution in [2.75, 3.05) is 23.9 Å². The number of nitrogens with zero attached hydrogens (tertiary/aromatic N) is 3. The van der Waals surface area contributed by atoms with Crippen molar-refractivity contribution in [2.24, 2.45) is 4.40 Å². The summed E-state index contributed by atoms with van der Waals surface area (Å²) in [5.41, 5.74) is 5.90. The van der Waals surface area contributed by atoms with Crippen LogP contribution in [0.5, 0.6) is 0 Å². The Kier molecular flexibility index (Phi) is 3.82. The summed E-state index contributed by atoms with van der Waals surface area (Å²) < 4.78 is 4.56. The Labute approximate surface area is 142 Å². The smallest absolute Gasteiger partial charge is 0.114 e. The first-order valence-electron chi connectivity index (χ1n) is 6.45. The molecule has 0 saturated heterocycles. The normalized spacial score (nSPS) is 14.6. The van der Waals surface area contributed by atoms with E-state index in [0.29, 0.717) is 0 Å². The Hall–Kier alpha value is -1.29. The second-order valence-electron chi connectivity index (χ2n) is 5.05. The number of para-hydroxylation sites is 1. The minimum atomic E-state index is 0. The third-order valence-electron chi connectivity index (χ3n) is 3.65. The minimum absolute atomic E-state index is 0. The van der Waals surface area contributed by atoms with Gasteiger partial charge in [0.1, 0.15) is 5.84 Å². The van der Waals surface area contributed by atoms with Crippen LogP contribution in [0.4, 0.5) is 11.4 Å². The third kappa shape index (κ3) is 2.20. The molecule has 109 valence electrons. The van der Waals surface area contributed by atoms with Crippen molar-refractivity contribution >= 4 is 29.2 Å². The Morgan fingerprint density at radius 3 is 2.86 bits per heavy atom. The Morgan fingerprint density at radius 2 is 2.05 bits per heavy atom. The fourth-order valence-corrected chi connectivity index (χ4v) is 3.26. The fourth-order valence-electron chi connectivity index (χ4n) is 2.63. The van der Waals surface area contributed by atoms with Gasteiger partial charge in [-0.25, -0.2) is 4.40 Å². The first kappa shape index (κ1) is 14.6. The van der Waals surface area contributed by atoms with Gasteiger partial charge in [-0.1, -0.05) is 17.3 Å². The molecule has 3 nitrogen and oxygen atoms in total. The summed E-state index contributed by atoms with van der Waals surface area (Å²) in [5, 5.41) is 0. The first-order chi connectivity index (χ1) is 9.75. The molecule has 0 N–H and O–H groups in total. The van der Waals surface area contributed by atoms with Crippen LogP contribution in [-0.2, 0) is 20.1 Å². The van der Waals surface area contributed by atoms with E-state index in [0.717, 1.165) is 11.5 Å². The van der Waals surface area contributed by atoms with Crippen molar-refractivity contribution in [3.63, 3.8) is 0 Å². The van der Waals surface area contributed by atoms with E-state index in [2.05, 4.69) is 58.6 Å². The van der Waals surface area contributed by atoms with Crippen LogP contribution >= 0.6 is 11.9 Å². The molecule has 5 heteroatoms. The molecule has 4 rings (SSSR count). The van der Waals surface area contributed by atoms with Gasteiger partial charge in [0.05, 0.1) is 0 Å². The Bertz CT molecular complexity index is 727. The summed E-state index contributed by atoms with van der Waals surface area (Å²) in [6.07, 6.45) is 0. The van der Waals surface area contributed by atoms with Crippen molar-refractivity contribution in [1.82, 2.24) is 0 Å². The van der Waals surface area contributed by atoms with Crippen LogP contribution in [0.15, 0.2) is 40.8 Å². The van der Waals surface area contributed by atoms with Gasteiger partial charge in [-0.15, -0.1) is 5.56 Å². The zero-order valence-corrected chi connectivity index (χ0v) is 14.8. The Balaban J connectivity index is 0.00000132. The van der Waals surface area contributed by atoms with Crippen LogP contribution in [0, 0.1) is 11.9 Å². The number of amidine groups is 1. The molecule has 0 spiro atoms. The second kappa shape index (κ2) is 5.48. The van der Waals surface area contributed by atoms with Crippen LogP contribution in [0.25, 0.3) is 11.1 Å². The van der Waals surface area contributed by atoms with Gasteiger partial charge in [-0.3, -0.25) is 0 Å². The summed E-state index contributed by atoms with van der Waals surface area (Å²) in [5.74, 6) is 3.04.